The second-order valence-corrected chi connectivity index (χ2v) is 17.7. The van der Waals surface area contributed by atoms with Gasteiger partial charge in [0.25, 0.3) is 0 Å². The summed E-state index contributed by atoms with van der Waals surface area (Å²) in [6.45, 7) is 4.61. The second kappa shape index (κ2) is 10.9. The first-order valence-electron chi connectivity index (χ1n) is 15.0. The van der Waals surface area contributed by atoms with Gasteiger partial charge in [0, 0.05) is 32.1 Å². The van der Waals surface area contributed by atoms with E-state index in [1.807, 2.05) is 29.6 Å². The second-order valence-electron chi connectivity index (χ2n) is 11.4. The predicted octanol–water partition coefficient (Wildman–Crippen LogP) is 9.37. The van der Waals surface area contributed by atoms with E-state index in [-0.39, 0.29) is 17.1 Å². The van der Waals surface area contributed by atoms with Gasteiger partial charge in [-0.25, -0.2) is 0 Å². The van der Waals surface area contributed by atoms with Gasteiger partial charge in [-0.05, 0) is 81.8 Å². The number of nitrogens with zero attached hydrogens (tertiary/aromatic N) is 1. The molecule has 3 nitrogen and oxygen atoms in total. The van der Waals surface area contributed by atoms with Crippen LogP contribution in [-0.4, -0.2) is 19.6 Å². The standard InChI is InChI=1S/C36H33NO2S2Si/c1-3-5-19-42(20-6-4-2)32-13-9-7-11-29(32)37(30-12-8-10-14-33(30)42)34-16-15-25(41-34)22-28-35(38)26-21-24-17-18-40-31(24)23-27(26)36(28)39/h7-18,21-23H,3-6,19-20H2,1-2H3/b28-22+. The highest BCUT2D eigenvalue weighted by Gasteiger charge is 2.44. The van der Waals surface area contributed by atoms with Crippen LogP contribution >= 0.6 is 22.7 Å². The Morgan fingerprint density at radius 2 is 1.38 bits per heavy atom. The quantitative estimate of drug-likeness (QED) is 0.101. The van der Waals surface area contributed by atoms with Crippen molar-refractivity contribution in [2.75, 3.05) is 4.90 Å². The van der Waals surface area contributed by atoms with E-state index in [9.17, 15) is 9.59 Å². The van der Waals surface area contributed by atoms with E-state index in [1.165, 1.54) is 59.5 Å². The molecule has 3 heterocycles. The molecule has 3 aromatic carbocycles. The Balaban J connectivity index is 1.31. The Morgan fingerprint density at radius 1 is 0.762 bits per heavy atom. The van der Waals surface area contributed by atoms with E-state index >= 15 is 0 Å². The summed E-state index contributed by atoms with van der Waals surface area (Å²) in [4.78, 5) is 30.1. The summed E-state index contributed by atoms with van der Waals surface area (Å²) < 4.78 is 1.04. The van der Waals surface area contributed by atoms with E-state index in [0.29, 0.717) is 11.1 Å². The Bertz CT molecular complexity index is 1770. The number of hydrogen-bond donors (Lipinski definition) is 0. The van der Waals surface area contributed by atoms with E-state index in [4.69, 9.17) is 0 Å². The third kappa shape index (κ3) is 4.27. The molecule has 0 unspecified atom stereocenters. The first kappa shape index (κ1) is 27.3. The molecule has 0 saturated carbocycles. The van der Waals surface area contributed by atoms with Crippen LogP contribution in [0, 0.1) is 0 Å². The predicted molar refractivity (Wildman–Crippen MR) is 182 cm³/mol. The first-order chi connectivity index (χ1) is 20.6. The van der Waals surface area contributed by atoms with Gasteiger partial charge in [-0.15, -0.1) is 22.7 Å². The molecule has 0 spiro atoms. The van der Waals surface area contributed by atoms with Crippen molar-refractivity contribution in [1.82, 2.24) is 0 Å². The normalized spacial score (nSPS) is 16.2. The number of ketones is 2. The zero-order chi connectivity index (χ0) is 28.8. The molecule has 1 aliphatic carbocycles. The zero-order valence-electron chi connectivity index (χ0n) is 24.0. The third-order valence-electron chi connectivity index (χ3n) is 8.93. The molecule has 7 rings (SSSR count). The number of carbonyl (C=O) groups is 2. The summed E-state index contributed by atoms with van der Waals surface area (Å²) in [5, 5.41) is 7.19. The van der Waals surface area contributed by atoms with Crippen LogP contribution in [0.2, 0.25) is 12.1 Å². The Kier molecular flexibility index (Phi) is 7.09. The van der Waals surface area contributed by atoms with Crippen molar-refractivity contribution in [2.24, 2.45) is 0 Å². The third-order valence-corrected chi connectivity index (χ3v) is 16.1. The smallest absolute Gasteiger partial charge is 0.197 e. The number of para-hydroxylation sites is 2. The summed E-state index contributed by atoms with van der Waals surface area (Å²) >= 11 is 3.23. The van der Waals surface area contributed by atoms with Crippen molar-refractivity contribution < 1.29 is 9.59 Å². The lowest BCUT2D eigenvalue weighted by Crippen LogP contribution is -2.62. The number of hydrogen-bond acceptors (Lipinski definition) is 5. The number of Topliss-reactive ketones (excluding diaryl/α,β-unsaturated/α-hetero) is 2. The van der Waals surface area contributed by atoms with E-state index in [1.54, 1.807) is 28.7 Å². The molecule has 2 aliphatic rings. The largest absolute Gasteiger partial charge is 0.302 e. The molecule has 0 bridgehead atoms. The van der Waals surface area contributed by atoms with Gasteiger partial charge in [0.05, 0.1) is 5.57 Å². The molecular formula is C36H33NO2S2Si. The van der Waals surface area contributed by atoms with Crippen LogP contribution in [0.25, 0.3) is 16.2 Å². The molecule has 0 fully saturated rings. The van der Waals surface area contributed by atoms with Crippen LogP contribution in [0.15, 0.2) is 89.8 Å². The fraction of sp³-hybridized carbons (Fsp3) is 0.222. The number of allylic oxidation sites excluding steroid dienone is 1. The van der Waals surface area contributed by atoms with Crippen LogP contribution in [0.1, 0.15) is 65.1 Å². The Morgan fingerprint density at radius 3 is 2.02 bits per heavy atom. The maximum absolute atomic E-state index is 13.4. The SMILES string of the molecule is CCCC[Si]1(CCCC)c2ccccc2N(c2ccc(/C=C3\C(=O)c4cc5ccsc5cc4C3=O)s2)c2ccccc21. The number of rotatable bonds is 8. The van der Waals surface area contributed by atoms with Crippen molar-refractivity contribution >= 4 is 85.2 Å². The Hall–Kier alpha value is -3.58. The van der Waals surface area contributed by atoms with E-state index < -0.39 is 8.07 Å². The molecule has 0 atom stereocenters. The lowest BCUT2D eigenvalue weighted by molar-refractivity contribution is 0.0990. The first-order valence-corrected chi connectivity index (χ1v) is 19.1. The maximum atomic E-state index is 13.4. The van der Waals surface area contributed by atoms with Gasteiger partial charge in [0.2, 0.25) is 0 Å². The number of fused-ring (bicyclic) bond motifs is 4. The monoisotopic (exact) mass is 603 g/mol. The summed E-state index contributed by atoms with van der Waals surface area (Å²) in [5.41, 5.74) is 3.89. The topological polar surface area (TPSA) is 37.4 Å². The van der Waals surface area contributed by atoms with Gasteiger partial charge in [0.1, 0.15) is 13.1 Å². The number of unbranched alkanes of at least 4 members (excludes halogenated alkanes) is 2. The minimum atomic E-state index is -1.97. The molecule has 0 radical (unpaired) electrons. The highest BCUT2D eigenvalue weighted by atomic mass is 32.1. The van der Waals surface area contributed by atoms with Gasteiger partial charge < -0.3 is 4.90 Å². The van der Waals surface area contributed by atoms with Crippen LogP contribution in [-0.2, 0) is 0 Å². The summed E-state index contributed by atoms with van der Waals surface area (Å²) in [5.74, 6) is -0.342. The summed E-state index contributed by atoms with van der Waals surface area (Å²) in [6.07, 6.45) is 6.71. The zero-order valence-corrected chi connectivity index (χ0v) is 26.6. The fourth-order valence-electron chi connectivity index (χ4n) is 6.87. The fourth-order valence-corrected chi connectivity index (χ4v) is 14.4. The minimum Gasteiger partial charge on any atom is -0.302 e. The van der Waals surface area contributed by atoms with Crippen LogP contribution < -0.4 is 15.3 Å². The molecule has 5 aromatic rings. The highest BCUT2D eigenvalue weighted by Crippen LogP contribution is 2.44. The van der Waals surface area contributed by atoms with Crippen molar-refractivity contribution in [3.8, 4) is 0 Å². The van der Waals surface area contributed by atoms with Crippen molar-refractivity contribution in [2.45, 2.75) is 51.6 Å². The van der Waals surface area contributed by atoms with Crippen LogP contribution in [0.3, 0.4) is 0 Å². The van der Waals surface area contributed by atoms with Gasteiger partial charge in [-0.1, -0.05) is 75.9 Å². The number of carbonyl (C=O) groups excluding carboxylic acids is 2. The minimum absolute atomic E-state index is 0.170. The van der Waals surface area contributed by atoms with Crippen LogP contribution in [0.5, 0.6) is 0 Å². The summed E-state index contributed by atoms with van der Waals surface area (Å²) in [7, 11) is -1.97. The molecule has 0 saturated heterocycles. The van der Waals surface area contributed by atoms with Crippen molar-refractivity contribution in [1.29, 1.82) is 0 Å². The molecule has 6 heteroatoms. The van der Waals surface area contributed by atoms with Gasteiger partial charge >= 0.3 is 0 Å². The van der Waals surface area contributed by atoms with Crippen molar-refractivity contribution in [3.63, 3.8) is 0 Å². The Labute approximate surface area is 256 Å². The van der Waals surface area contributed by atoms with E-state index in [0.717, 1.165) is 20.0 Å². The average Bonchev–Trinajstić information content (AvgIpc) is 3.74. The molecule has 42 heavy (non-hydrogen) atoms. The number of anilines is 3. The molecular weight excluding hydrogens is 571 g/mol. The molecule has 0 amide bonds. The van der Waals surface area contributed by atoms with E-state index in [2.05, 4.69) is 73.3 Å². The lowest BCUT2D eigenvalue weighted by atomic mass is 10.1. The number of benzene rings is 3. The van der Waals surface area contributed by atoms with Crippen molar-refractivity contribution in [3.05, 3.63) is 106 Å². The highest BCUT2D eigenvalue weighted by molar-refractivity contribution is 7.17. The summed E-state index contributed by atoms with van der Waals surface area (Å²) in [6, 6.07) is 30.6. The van der Waals surface area contributed by atoms with Crippen LogP contribution in [0.4, 0.5) is 16.4 Å². The number of thiophene rings is 2. The lowest BCUT2D eigenvalue weighted by Gasteiger charge is -2.44. The molecule has 0 N–H and O–H groups in total. The molecule has 2 aromatic heterocycles. The molecule has 210 valence electrons. The van der Waals surface area contributed by atoms with Gasteiger partial charge in [0.15, 0.2) is 11.6 Å². The van der Waals surface area contributed by atoms with Gasteiger partial charge in [-0.2, -0.15) is 0 Å². The maximum Gasteiger partial charge on any atom is 0.197 e. The molecule has 1 aliphatic heterocycles. The van der Waals surface area contributed by atoms with Gasteiger partial charge in [-0.3, -0.25) is 9.59 Å². The average molecular weight is 604 g/mol.